The van der Waals surface area contributed by atoms with Gasteiger partial charge in [0.15, 0.2) is 0 Å². The van der Waals surface area contributed by atoms with Crippen molar-refractivity contribution in [2.75, 3.05) is 6.61 Å². The Bertz CT molecular complexity index is 536. The molecule has 0 aliphatic rings. The predicted molar refractivity (Wildman–Crippen MR) is 84.0 cm³/mol. The van der Waals surface area contributed by atoms with Crippen molar-refractivity contribution in [2.24, 2.45) is 0 Å². The topological polar surface area (TPSA) is 21.3 Å². The normalized spacial score (nSPS) is 10.5. The second-order valence-electron chi connectivity index (χ2n) is 4.81. The van der Waals surface area contributed by atoms with Crippen LogP contribution in [0.25, 0.3) is 0 Å². The number of nitrogens with one attached hydrogen (secondary N) is 1. The summed E-state index contributed by atoms with van der Waals surface area (Å²) in [4.78, 5) is 0. The van der Waals surface area contributed by atoms with Gasteiger partial charge in [-0.3, -0.25) is 0 Å². The van der Waals surface area contributed by atoms with E-state index >= 15 is 0 Å². The fraction of sp³-hybridized carbons (Fsp3) is 0.333. The van der Waals surface area contributed by atoms with E-state index in [0.29, 0.717) is 6.61 Å². The molecule has 0 aliphatic carbocycles. The lowest BCUT2D eigenvalue weighted by Crippen LogP contribution is -2.14. The second-order valence-corrected chi connectivity index (χ2v) is 4.81. The average molecular weight is 269 g/mol. The third-order valence-corrected chi connectivity index (χ3v) is 3.35. The van der Waals surface area contributed by atoms with E-state index in [2.05, 4.69) is 48.6 Å². The first kappa shape index (κ1) is 14.6. The molecule has 2 nitrogen and oxygen atoms in total. The van der Waals surface area contributed by atoms with E-state index in [9.17, 15) is 0 Å². The SMILES string of the molecule is CCOc1cccc(CNCc2ccccc2CC)c1. The lowest BCUT2D eigenvalue weighted by Gasteiger charge is -2.10. The fourth-order valence-electron chi connectivity index (χ4n) is 2.33. The van der Waals surface area contributed by atoms with Crippen LogP contribution in [0.5, 0.6) is 5.75 Å². The van der Waals surface area contributed by atoms with Crippen molar-refractivity contribution in [1.82, 2.24) is 5.32 Å². The summed E-state index contributed by atoms with van der Waals surface area (Å²) in [6.45, 7) is 6.68. The summed E-state index contributed by atoms with van der Waals surface area (Å²) < 4.78 is 5.52. The molecule has 20 heavy (non-hydrogen) atoms. The van der Waals surface area contributed by atoms with Gasteiger partial charge in [0.05, 0.1) is 6.61 Å². The molecule has 0 atom stereocenters. The van der Waals surface area contributed by atoms with Gasteiger partial charge in [0.2, 0.25) is 0 Å². The molecular formula is C18H23NO. The number of benzene rings is 2. The molecule has 0 radical (unpaired) electrons. The quantitative estimate of drug-likeness (QED) is 0.822. The highest BCUT2D eigenvalue weighted by atomic mass is 16.5. The van der Waals surface area contributed by atoms with E-state index in [-0.39, 0.29) is 0 Å². The fourth-order valence-corrected chi connectivity index (χ4v) is 2.33. The van der Waals surface area contributed by atoms with Gasteiger partial charge in [-0.25, -0.2) is 0 Å². The molecule has 106 valence electrons. The Labute approximate surface area is 121 Å². The summed E-state index contributed by atoms with van der Waals surface area (Å²) in [5, 5.41) is 3.51. The monoisotopic (exact) mass is 269 g/mol. The molecule has 0 aromatic heterocycles. The molecular weight excluding hydrogens is 246 g/mol. The summed E-state index contributed by atoms with van der Waals surface area (Å²) in [6, 6.07) is 16.9. The number of ether oxygens (including phenoxy) is 1. The second kappa shape index (κ2) is 7.71. The van der Waals surface area contributed by atoms with Gasteiger partial charge < -0.3 is 10.1 Å². The van der Waals surface area contributed by atoms with E-state index in [1.807, 2.05) is 19.1 Å². The van der Waals surface area contributed by atoms with Gasteiger partial charge in [0, 0.05) is 13.1 Å². The molecule has 0 amide bonds. The molecule has 0 spiro atoms. The van der Waals surface area contributed by atoms with Crippen LogP contribution < -0.4 is 10.1 Å². The van der Waals surface area contributed by atoms with E-state index in [1.54, 1.807) is 0 Å². The molecule has 2 heteroatoms. The van der Waals surface area contributed by atoms with Crippen LogP contribution in [-0.2, 0) is 19.5 Å². The maximum atomic E-state index is 5.52. The van der Waals surface area contributed by atoms with Crippen LogP contribution >= 0.6 is 0 Å². The first-order valence-electron chi connectivity index (χ1n) is 7.32. The van der Waals surface area contributed by atoms with Crippen molar-refractivity contribution in [1.29, 1.82) is 0 Å². The van der Waals surface area contributed by atoms with Crippen molar-refractivity contribution in [3.8, 4) is 5.75 Å². The zero-order valence-corrected chi connectivity index (χ0v) is 12.4. The van der Waals surface area contributed by atoms with E-state index in [4.69, 9.17) is 4.74 Å². The van der Waals surface area contributed by atoms with Gasteiger partial charge in [-0.15, -0.1) is 0 Å². The Morgan fingerprint density at radius 1 is 0.900 bits per heavy atom. The third kappa shape index (κ3) is 4.10. The number of hydrogen-bond acceptors (Lipinski definition) is 2. The molecule has 0 saturated carbocycles. The minimum Gasteiger partial charge on any atom is -0.494 e. The summed E-state index contributed by atoms with van der Waals surface area (Å²) in [5.41, 5.74) is 4.06. The van der Waals surface area contributed by atoms with Gasteiger partial charge in [0.25, 0.3) is 0 Å². The van der Waals surface area contributed by atoms with Crippen molar-refractivity contribution < 1.29 is 4.74 Å². The number of aryl methyl sites for hydroxylation is 1. The van der Waals surface area contributed by atoms with Crippen LogP contribution in [0.3, 0.4) is 0 Å². The molecule has 0 saturated heterocycles. The lowest BCUT2D eigenvalue weighted by atomic mass is 10.1. The Morgan fingerprint density at radius 2 is 1.70 bits per heavy atom. The summed E-state index contributed by atoms with van der Waals surface area (Å²) in [6.07, 6.45) is 1.08. The predicted octanol–water partition coefficient (Wildman–Crippen LogP) is 3.94. The molecule has 0 bridgehead atoms. The third-order valence-electron chi connectivity index (χ3n) is 3.35. The molecule has 0 unspecified atom stereocenters. The highest BCUT2D eigenvalue weighted by Gasteiger charge is 2.00. The van der Waals surface area contributed by atoms with Gasteiger partial charge in [0.1, 0.15) is 5.75 Å². The minimum absolute atomic E-state index is 0.709. The van der Waals surface area contributed by atoms with Crippen LogP contribution in [0.4, 0.5) is 0 Å². The van der Waals surface area contributed by atoms with Crippen LogP contribution in [0, 0.1) is 0 Å². The zero-order chi connectivity index (χ0) is 14.2. The van der Waals surface area contributed by atoms with Crippen LogP contribution in [0.15, 0.2) is 48.5 Å². The van der Waals surface area contributed by atoms with Gasteiger partial charge >= 0.3 is 0 Å². The van der Waals surface area contributed by atoms with Crippen molar-refractivity contribution in [2.45, 2.75) is 33.4 Å². The van der Waals surface area contributed by atoms with Crippen LogP contribution in [-0.4, -0.2) is 6.61 Å². The Kier molecular flexibility index (Phi) is 5.63. The summed E-state index contributed by atoms with van der Waals surface area (Å²) in [7, 11) is 0. The molecule has 0 fully saturated rings. The van der Waals surface area contributed by atoms with Gasteiger partial charge in [-0.05, 0) is 42.2 Å². The first-order chi connectivity index (χ1) is 9.83. The van der Waals surface area contributed by atoms with Crippen molar-refractivity contribution in [3.63, 3.8) is 0 Å². The van der Waals surface area contributed by atoms with E-state index in [0.717, 1.165) is 25.3 Å². The zero-order valence-electron chi connectivity index (χ0n) is 12.4. The highest BCUT2D eigenvalue weighted by Crippen LogP contribution is 2.14. The van der Waals surface area contributed by atoms with E-state index < -0.39 is 0 Å². The Morgan fingerprint density at radius 3 is 2.45 bits per heavy atom. The molecule has 1 N–H and O–H groups in total. The van der Waals surface area contributed by atoms with Gasteiger partial charge in [-0.1, -0.05) is 43.3 Å². The molecule has 0 heterocycles. The molecule has 2 aromatic rings. The Hall–Kier alpha value is -1.80. The standard InChI is InChI=1S/C18H23NO/c1-3-16-9-5-6-10-17(16)14-19-13-15-8-7-11-18(12-15)20-4-2/h5-12,19H,3-4,13-14H2,1-2H3. The van der Waals surface area contributed by atoms with Crippen LogP contribution in [0.1, 0.15) is 30.5 Å². The highest BCUT2D eigenvalue weighted by molar-refractivity contribution is 5.29. The summed E-state index contributed by atoms with van der Waals surface area (Å²) in [5.74, 6) is 0.945. The molecule has 0 aliphatic heterocycles. The van der Waals surface area contributed by atoms with Gasteiger partial charge in [-0.2, -0.15) is 0 Å². The lowest BCUT2D eigenvalue weighted by molar-refractivity contribution is 0.340. The molecule has 2 aromatic carbocycles. The van der Waals surface area contributed by atoms with E-state index in [1.165, 1.54) is 16.7 Å². The maximum absolute atomic E-state index is 5.52. The van der Waals surface area contributed by atoms with Crippen LogP contribution in [0.2, 0.25) is 0 Å². The van der Waals surface area contributed by atoms with Crippen molar-refractivity contribution >= 4 is 0 Å². The number of hydrogen-bond donors (Lipinski definition) is 1. The number of rotatable bonds is 7. The smallest absolute Gasteiger partial charge is 0.119 e. The largest absolute Gasteiger partial charge is 0.494 e. The average Bonchev–Trinajstić information content (AvgIpc) is 2.48. The minimum atomic E-state index is 0.709. The maximum Gasteiger partial charge on any atom is 0.119 e. The summed E-state index contributed by atoms with van der Waals surface area (Å²) >= 11 is 0. The first-order valence-corrected chi connectivity index (χ1v) is 7.32. The molecule has 2 rings (SSSR count). The Balaban J connectivity index is 1.91. The van der Waals surface area contributed by atoms with Crippen molar-refractivity contribution in [3.05, 3.63) is 65.2 Å².